The van der Waals surface area contributed by atoms with Crippen LogP contribution in [0.4, 0.5) is 0 Å². The van der Waals surface area contributed by atoms with Crippen LogP contribution in [0.2, 0.25) is 5.02 Å². The average molecular weight is 291 g/mol. The first-order chi connectivity index (χ1) is 9.22. The van der Waals surface area contributed by atoms with Crippen LogP contribution in [-0.2, 0) is 6.61 Å². The molecule has 0 fully saturated rings. The molecule has 0 saturated carbocycles. The summed E-state index contributed by atoms with van der Waals surface area (Å²) in [4.78, 5) is 1.10. The number of aromatic hydroxyl groups is 1. The molecule has 3 rings (SSSR count). The first kappa shape index (κ1) is 12.3. The summed E-state index contributed by atoms with van der Waals surface area (Å²) < 4.78 is 6.73. The number of ether oxygens (including phenoxy) is 1. The molecule has 0 amide bonds. The largest absolute Gasteiger partial charge is 0.508 e. The maximum absolute atomic E-state index is 9.37. The molecule has 19 heavy (non-hydrogen) atoms. The Morgan fingerprint density at radius 1 is 1.11 bits per heavy atom. The van der Waals surface area contributed by atoms with Gasteiger partial charge in [0.25, 0.3) is 0 Å². The van der Waals surface area contributed by atoms with Crippen LogP contribution >= 0.6 is 22.9 Å². The lowest BCUT2D eigenvalue weighted by Crippen LogP contribution is -1.91. The van der Waals surface area contributed by atoms with Crippen molar-refractivity contribution in [1.82, 2.24) is 0 Å². The number of fused-ring (bicyclic) bond motifs is 1. The third-order valence-corrected chi connectivity index (χ3v) is 4.33. The van der Waals surface area contributed by atoms with Crippen molar-refractivity contribution in [2.45, 2.75) is 6.61 Å². The van der Waals surface area contributed by atoms with Crippen LogP contribution < -0.4 is 4.74 Å². The molecule has 0 saturated heterocycles. The van der Waals surface area contributed by atoms with Gasteiger partial charge in [-0.2, -0.15) is 0 Å². The van der Waals surface area contributed by atoms with Gasteiger partial charge in [0.1, 0.15) is 18.1 Å². The van der Waals surface area contributed by atoms with Gasteiger partial charge < -0.3 is 9.84 Å². The van der Waals surface area contributed by atoms with E-state index < -0.39 is 0 Å². The molecule has 1 N–H and O–H groups in total. The van der Waals surface area contributed by atoms with Gasteiger partial charge in [-0.3, -0.25) is 0 Å². The number of thiophene rings is 1. The molecule has 0 spiro atoms. The summed E-state index contributed by atoms with van der Waals surface area (Å²) in [5.74, 6) is 0.862. The Kier molecular flexibility index (Phi) is 3.32. The Bertz CT molecular complexity index is 721. The van der Waals surface area contributed by atoms with Crippen molar-refractivity contribution >= 4 is 33.0 Å². The molecule has 2 aromatic carbocycles. The normalized spacial score (nSPS) is 10.8. The van der Waals surface area contributed by atoms with E-state index in [4.69, 9.17) is 16.3 Å². The first-order valence-electron chi connectivity index (χ1n) is 5.81. The van der Waals surface area contributed by atoms with E-state index in [1.807, 2.05) is 24.3 Å². The quantitative estimate of drug-likeness (QED) is 0.748. The molecule has 0 bridgehead atoms. The summed E-state index contributed by atoms with van der Waals surface area (Å²) >= 11 is 7.77. The molecule has 0 aliphatic heterocycles. The Hall–Kier alpha value is -1.71. The summed E-state index contributed by atoms with van der Waals surface area (Å²) in [7, 11) is 0. The van der Waals surface area contributed by atoms with Gasteiger partial charge in [0.2, 0.25) is 0 Å². The second-order valence-corrected chi connectivity index (χ2v) is 5.70. The van der Waals surface area contributed by atoms with Crippen LogP contribution in [0, 0.1) is 0 Å². The molecular formula is C15H11ClO2S. The summed E-state index contributed by atoms with van der Waals surface area (Å²) in [6.07, 6.45) is 0. The minimum absolute atomic E-state index is 0.205. The van der Waals surface area contributed by atoms with Crippen LogP contribution in [-0.4, -0.2) is 5.11 Å². The van der Waals surface area contributed by atoms with Gasteiger partial charge in [-0.25, -0.2) is 0 Å². The maximum Gasteiger partial charge on any atom is 0.123 e. The van der Waals surface area contributed by atoms with Crippen molar-refractivity contribution < 1.29 is 9.84 Å². The van der Waals surface area contributed by atoms with E-state index in [1.54, 1.807) is 29.5 Å². The van der Waals surface area contributed by atoms with Crippen LogP contribution in [0.5, 0.6) is 11.5 Å². The van der Waals surface area contributed by atoms with Gasteiger partial charge in [-0.1, -0.05) is 29.8 Å². The second-order valence-electron chi connectivity index (χ2n) is 4.16. The van der Waals surface area contributed by atoms with Crippen LogP contribution in [0.1, 0.15) is 4.88 Å². The Balaban J connectivity index is 1.80. The maximum atomic E-state index is 9.37. The number of phenols is 1. The highest BCUT2D eigenvalue weighted by molar-refractivity contribution is 7.19. The molecule has 3 aromatic rings. The SMILES string of the molecule is Oc1cccc(OCc2cc3cccc(Cl)c3s2)c1. The zero-order chi connectivity index (χ0) is 13.2. The van der Waals surface area contributed by atoms with Crippen molar-refractivity contribution in [3.05, 3.63) is 58.4 Å². The minimum atomic E-state index is 0.205. The lowest BCUT2D eigenvalue weighted by atomic mass is 10.2. The third-order valence-electron chi connectivity index (χ3n) is 2.75. The van der Waals surface area contributed by atoms with Gasteiger partial charge in [0, 0.05) is 10.9 Å². The summed E-state index contributed by atoms with van der Waals surface area (Å²) in [5, 5.41) is 11.3. The van der Waals surface area contributed by atoms with Crippen LogP contribution in [0.25, 0.3) is 10.1 Å². The van der Waals surface area contributed by atoms with Crippen LogP contribution in [0.3, 0.4) is 0 Å². The number of benzene rings is 2. The van der Waals surface area contributed by atoms with Gasteiger partial charge in [-0.15, -0.1) is 11.3 Å². The number of hydrogen-bond acceptors (Lipinski definition) is 3. The van der Waals surface area contributed by atoms with E-state index in [0.29, 0.717) is 12.4 Å². The van der Waals surface area contributed by atoms with Gasteiger partial charge >= 0.3 is 0 Å². The Morgan fingerprint density at radius 2 is 1.95 bits per heavy atom. The molecule has 0 aliphatic carbocycles. The van der Waals surface area contributed by atoms with E-state index in [1.165, 1.54) is 0 Å². The van der Waals surface area contributed by atoms with E-state index in [9.17, 15) is 5.11 Å². The predicted molar refractivity (Wildman–Crippen MR) is 79.3 cm³/mol. The highest BCUT2D eigenvalue weighted by Gasteiger charge is 2.05. The molecule has 0 aliphatic rings. The van der Waals surface area contributed by atoms with Crippen molar-refractivity contribution in [3.63, 3.8) is 0 Å². The molecule has 2 nitrogen and oxygen atoms in total. The summed E-state index contributed by atoms with van der Waals surface area (Å²) in [6.45, 7) is 0.471. The van der Waals surface area contributed by atoms with Gasteiger partial charge in [-0.05, 0) is 29.7 Å². The smallest absolute Gasteiger partial charge is 0.123 e. The molecule has 1 heterocycles. The topological polar surface area (TPSA) is 29.5 Å². The second kappa shape index (κ2) is 5.11. The molecule has 0 unspecified atom stereocenters. The standard InChI is InChI=1S/C15H11ClO2S/c16-14-6-1-3-10-7-13(19-15(10)14)9-18-12-5-2-4-11(17)8-12/h1-8,17H,9H2. The molecule has 96 valence electrons. The zero-order valence-electron chi connectivity index (χ0n) is 9.97. The van der Waals surface area contributed by atoms with E-state index in [2.05, 4.69) is 6.07 Å². The van der Waals surface area contributed by atoms with E-state index in [0.717, 1.165) is 20.0 Å². The molecule has 4 heteroatoms. The highest BCUT2D eigenvalue weighted by Crippen LogP contribution is 2.32. The predicted octanol–water partition coefficient (Wildman–Crippen LogP) is 4.84. The molecule has 0 atom stereocenters. The zero-order valence-corrected chi connectivity index (χ0v) is 11.5. The lowest BCUT2D eigenvalue weighted by Gasteiger charge is -2.04. The Labute approximate surface area is 119 Å². The number of hydrogen-bond donors (Lipinski definition) is 1. The number of rotatable bonds is 3. The average Bonchev–Trinajstić information content (AvgIpc) is 2.81. The number of halogens is 1. The van der Waals surface area contributed by atoms with Crippen molar-refractivity contribution in [1.29, 1.82) is 0 Å². The molecule has 0 radical (unpaired) electrons. The Morgan fingerprint density at radius 3 is 2.74 bits per heavy atom. The van der Waals surface area contributed by atoms with Crippen molar-refractivity contribution in [2.75, 3.05) is 0 Å². The van der Waals surface area contributed by atoms with Crippen molar-refractivity contribution in [3.8, 4) is 11.5 Å². The van der Waals surface area contributed by atoms with E-state index in [-0.39, 0.29) is 5.75 Å². The van der Waals surface area contributed by atoms with Crippen LogP contribution in [0.15, 0.2) is 48.5 Å². The fourth-order valence-electron chi connectivity index (χ4n) is 1.88. The minimum Gasteiger partial charge on any atom is -0.508 e. The third kappa shape index (κ3) is 2.67. The number of phenolic OH excluding ortho intramolecular Hbond substituents is 1. The lowest BCUT2D eigenvalue weighted by molar-refractivity contribution is 0.308. The fourth-order valence-corrected chi connectivity index (χ4v) is 3.15. The van der Waals surface area contributed by atoms with Crippen molar-refractivity contribution in [2.24, 2.45) is 0 Å². The monoisotopic (exact) mass is 290 g/mol. The fraction of sp³-hybridized carbons (Fsp3) is 0.0667. The molecule has 1 aromatic heterocycles. The molecular weight excluding hydrogens is 280 g/mol. The highest BCUT2D eigenvalue weighted by atomic mass is 35.5. The summed E-state index contributed by atoms with van der Waals surface area (Å²) in [5.41, 5.74) is 0. The summed E-state index contributed by atoms with van der Waals surface area (Å²) in [6, 6.07) is 14.7. The first-order valence-corrected chi connectivity index (χ1v) is 7.00. The van der Waals surface area contributed by atoms with Gasteiger partial charge in [0.15, 0.2) is 0 Å². The van der Waals surface area contributed by atoms with E-state index >= 15 is 0 Å². The van der Waals surface area contributed by atoms with Gasteiger partial charge in [0.05, 0.1) is 9.72 Å².